The van der Waals surface area contributed by atoms with Crippen LogP contribution in [0.25, 0.3) is 10.9 Å². The molecule has 1 heterocycles. The van der Waals surface area contributed by atoms with Crippen molar-refractivity contribution in [3.8, 4) is 11.5 Å². The van der Waals surface area contributed by atoms with Gasteiger partial charge in [0.25, 0.3) is 10.0 Å². The number of anilines is 1. The van der Waals surface area contributed by atoms with Gasteiger partial charge in [0.15, 0.2) is 0 Å². The molecule has 7 heteroatoms. The topological polar surface area (TPSA) is 68.3 Å². The molecule has 0 saturated heterocycles. The van der Waals surface area contributed by atoms with Gasteiger partial charge < -0.3 is 4.74 Å². The third kappa shape index (κ3) is 4.34. The molecule has 0 bridgehead atoms. The molecule has 146 valence electrons. The number of aryl methyl sites for hydroxylation is 1. The van der Waals surface area contributed by atoms with Crippen LogP contribution in [-0.2, 0) is 10.0 Å². The zero-order valence-electron chi connectivity index (χ0n) is 15.5. The molecule has 0 aliphatic heterocycles. The number of fused-ring (bicyclic) bond motifs is 1. The van der Waals surface area contributed by atoms with E-state index < -0.39 is 10.0 Å². The van der Waals surface area contributed by atoms with Gasteiger partial charge in [-0.05, 0) is 79.2 Å². The predicted octanol–water partition coefficient (Wildman–Crippen LogP) is 5.79. The number of sulfonamides is 1. The van der Waals surface area contributed by atoms with Crippen molar-refractivity contribution in [1.82, 2.24) is 4.98 Å². The Hall–Kier alpha value is -3.09. The largest absolute Gasteiger partial charge is 0.457 e. The number of hydrogen-bond donors (Lipinski definition) is 1. The summed E-state index contributed by atoms with van der Waals surface area (Å²) in [6, 6.07) is 20.4. The summed E-state index contributed by atoms with van der Waals surface area (Å²) in [5.41, 5.74) is 2.39. The highest BCUT2D eigenvalue weighted by Crippen LogP contribution is 2.28. The summed E-state index contributed by atoms with van der Waals surface area (Å²) in [6.45, 7) is 1.98. The first-order chi connectivity index (χ1) is 13.9. The molecule has 3 aromatic carbocycles. The first kappa shape index (κ1) is 19.2. The lowest BCUT2D eigenvalue weighted by atomic mass is 10.1. The van der Waals surface area contributed by atoms with Gasteiger partial charge in [0.2, 0.25) is 0 Å². The Morgan fingerprint density at radius 1 is 0.931 bits per heavy atom. The number of nitrogens with one attached hydrogen (secondary N) is 1. The van der Waals surface area contributed by atoms with Gasteiger partial charge in [-0.1, -0.05) is 17.7 Å². The van der Waals surface area contributed by atoms with Gasteiger partial charge in [-0.15, -0.1) is 0 Å². The van der Waals surface area contributed by atoms with Crippen molar-refractivity contribution in [2.75, 3.05) is 4.72 Å². The number of hydrogen-bond acceptors (Lipinski definition) is 4. The van der Waals surface area contributed by atoms with Crippen molar-refractivity contribution >= 4 is 38.2 Å². The Morgan fingerprint density at radius 3 is 2.38 bits per heavy atom. The Balaban J connectivity index is 1.52. The molecule has 0 atom stereocenters. The summed E-state index contributed by atoms with van der Waals surface area (Å²) >= 11 is 5.82. The number of halogens is 1. The SMILES string of the molecule is Cc1cc(Oc2ccc(NS(=O)(=O)c3ccc(Cl)cc3)cc2)cc2cccnc12. The lowest BCUT2D eigenvalue weighted by Crippen LogP contribution is -2.12. The fraction of sp³-hybridized carbons (Fsp3) is 0.0455. The van der Waals surface area contributed by atoms with Crippen LogP contribution < -0.4 is 9.46 Å². The molecule has 1 aromatic heterocycles. The number of nitrogens with zero attached hydrogens (tertiary/aromatic N) is 1. The van der Waals surface area contributed by atoms with Gasteiger partial charge >= 0.3 is 0 Å². The van der Waals surface area contributed by atoms with Crippen molar-refractivity contribution in [2.24, 2.45) is 0 Å². The molecule has 0 fully saturated rings. The van der Waals surface area contributed by atoms with E-state index in [1.807, 2.05) is 31.2 Å². The molecule has 5 nitrogen and oxygen atoms in total. The van der Waals surface area contributed by atoms with E-state index in [4.69, 9.17) is 16.3 Å². The maximum Gasteiger partial charge on any atom is 0.261 e. The summed E-state index contributed by atoms with van der Waals surface area (Å²) in [7, 11) is -3.69. The number of benzene rings is 3. The van der Waals surface area contributed by atoms with Gasteiger partial charge in [-0.25, -0.2) is 8.42 Å². The lowest BCUT2D eigenvalue weighted by Gasteiger charge is -2.11. The van der Waals surface area contributed by atoms with E-state index in [0.717, 1.165) is 16.5 Å². The number of ether oxygens (including phenoxy) is 1. The first-order valence-corrected chi connectivity index (χ1v) is 10.7. The molecular formula is C22H17ClN2O3S. The van der Waals surface area contributed by atoms with Crippen LogP contribution in [-0.4, -0.2) is 13.4 Å². The molecule has 0 amide bonds. The van der Waals surface area contributed by atoms with E-state index >= 15 is 0 Å². The Morgan fingerprint density at radius 2 is 1.66 bits per heavy atom. The van der Waals surface area contributed by atoms with Crippen molar-refractivity contribution in [2.45, 2.75) is 11.8 Å². The van der Waals surface area contributed by atoms with Gasteiger partial charge in [0, 0.05) is 22.3 Å². The summed E-state index contributed by atoms with van der Waals surface area (Å²) in [5.74, 6) is 1.29. The summed E-state index contributed by atoms with van der Waals surface area (Å²) in [4.78, 5) is 4.52. The Bertz CT molecular complexity index is 1270. The Labute approximate surface area is 174 Å². The van der Waals surface area contributed by atoms with Gasteiger partial charge in [0.05, 0.1) is 10.4 Å². The van der Waals surface area contributed by atoms with Crippen molar-refractivity contribution < 1.29 is 13.2 Å². The van der Waals surface area contributed by atoms with E-state index in [0.29, 0.717) is 22.2 Å². The third-order valence-corrected chi connectivity index (χ3v) is 5.98. The third-order valence-electron chi connectivity index (χ3n) is 4.34. The fourth-order valence-electron chi connectivity index (χ4n) is 2.95. The van der Waals surface area contributed by atoms with E-state index in [1.165, 1.54) is 24.3 Å². The number of pyridine rings is 1. The minimum atomic E-state index is -3.69. The highest BCUT2D eigenvalue weighted by Gasteiger charge is 2.14. The van der Waals surface area contributed by atoms with Crippen molar-refractivity contribution in [3.63, 3.8) is 0 Å². The van der Waals surface area contributed by atoms with Crippen LogP contribution in [0.1, 0.15) is 5.56 Å². The minimum Gasteiger partial charge on any atom is -0.457 e. The molecule has 0 unspecified atom stereocenters. The van der Waals surface area contributed by atoms with Crippen molar-refractivity contribution in [1.29, 1.82) is 0 Å². The van der Waals surface area contributed by atoms with Crippen LogP contribution in [0.2, 0.25) is 5.02 Å². The van der Waals surface area contributed by atoms with Crippen LogP contribution in [0.5, 0.6) is 11.5 Å². The summed E-state index contributed by atoms with van der Waals surface area (Å²) in [6.07, 6.45) is 1.76. The van der Waals surface area contributed by atoms with Crippen LogP contribution in [0.4, 0.5) is 5.69 Å². The summed E-state index contributed by atoms with van der Waals surface area (Å²) < 4.78 is 33.4. The smallest absolute Gasteiger partial charge is 0.261 e. The molecule has 4 rings (SSSR count). The number of aromatic nitrogens is 1. The van der Waals surface area contributed by atoms with E-state index in [-0.39, 0.29) is 4.90 Å². The van der Waals surface area contributed by atoms with Crippen LogP contribution in [0.15, 0.2) is 83.9 Å². The second-order valence-electron chi connectivity index (χ2n) is 6.50. The first-order valence-electron chi connectivity index (χ1n) is 8.82. The molecular weight excluding hydrogens is 408 g/mol. The standard InChI is InChI=1S/C22H17ClN2O3S/c1-15-13-20(14-16-3-2-12-24-22(15)16)28-19-8-6-18(7-9-19)25-29(26,27)21-10-4-17(23)5-11-21/h2-14,25H,1H3. The lowest BCUT2D eigenvalue weighted by molar-refractivity contribution is 0.483. The Kier molecular flexibility index (Phi) is 5.13. The quantitative estimate of drug-likeness (QED) is 0.440. The van der Waals surface area contributed by atoms with E-state index in [9.17, 15) is 8.42 Å². The molecule has 0 aliphatic carbocycles. The molecule has 0 radical (unpaired) electrons. The molecule has 29 heavy (non-hydrogen) atoms. The van der Waals surface area contributed by atoms with Crippen LogP contribution >= 0.6 is 11.6 Å². The number of rotatable bonds is 5. The van der Waals surface area contributed by atoms with Gasteiger partial charge in [0.1, 0.15) is 11.5 Å². The molecule has 0 saturated carbocycles. The average molecular weight is 425 g/mol. The zero-order valence-corrected chi connectivity index (χ0v) is 17.0. The molecule has 4 aromatic rings. The van der Waals surface area contributed by atoms with Crippen molar-refractivity contribution in [3.05, 3.63) is 89.6 Å². The van der Waals surface area contributed by atoms with Crippen LogP contribution in [0.3, 0.4) is 0 Å². The highest BCUT2D eigenvalue weighted by molar-refractivity contribution is 7.92. The average Bonchev–Trinajstić information content (AvgIpc) is 2.70. The second-order valence-corrected chi connectivity index (χ2v) is 8.62. The minimum absolute atomic E-state index is 0.141. The molecule has 0 spiro atoms. The molecule has 0 aliphatic rings. The summed E-state index contributed by atoms with van der Waals surface area (Å²) in [5, 5.41) is 1.47. The predicted molar refractivity (Wildman–Crippen MR) is 115 cm³/mol. The zero-order chi connectivity index (χ0) is 20.4. The van der Waals surface area contributed by atoms with Crippen LogP contribution in [0, 0.1) is 6.92 Å². The fourth-order valence-corrected chi connectivity index (χ4v) is 4.14. The maximum absolute atomic E-state index is 12.5. The van der Waals surface area contributed by atoms with Gasteiger partial charge in [-0.3, -0.25) is 9.71 Å². The van der Waals surface area contributed by atoms with Gasteiger partial charge in [-0.2, -0.15) is 0 Å². The highest BCUT2D eigenvalue weighted by atomic mass is 35.5. The second kappa shape index (κ2) is 7.73. The normalized spacial score (nSPS) is 11.4. The monoisotopic (exact) mass is 424 g/mol. The van der Waals surface area contributed by atoms with E-state index in [1.54, 1.807) is 30.5 Å². The molecule has 1 N–H and O–H groups in total. The maximum atomic E-state index is 12.5. The van der Waals surface area contributed by atoms with E-state index in [2.05, 4.69) is 9.71 Å².